The summed E-state index contributed by atoms with van der Waals surface area (Å²) in [6.45, 7) is 9.56. The van der Waals surface area contributed by atoms with Crippen molar-refractivity contribution in [1.29, 1.82) is 0 Å². The van der Waals surface area contributed by atoms with Gasteiger partial charge in [0.15, 0.2) is 0 Å². The molecule has 6 aromatic carbocycles. The van der Waals surface area contributed by atoms with Crippen molar-refractivity contribution >= 4 is 11.9 Å². The molecule has 0 N–H and O–H groups in total. The van der Waals surface area contributed by atoms with Crippen molar-refractivity contribution in [2.75, 3.05) is 13.2 Å². The largest absolute Gasteiger partial charge is 0.463 e. The molecule has 2 aliphatic heterocycles. The lowest BCUT2D eigenvalue weighted by molar-refractivity contribution is -0.270. The molecule has 0 aromatic heterocycles. The van der Waals surface area contributed by atoms with Crippen LogP contribution in [0.25, 0.3) is 0 Å². The van der Waals surface area contributed by atoms with Crippen LogP contribution in [0.2, 0.25) is 0 Å². The second kappa shape index (κ2) is 31.0. The molecule has 0 bridgehead atoms. The monoisotopic (exact) mass is 1040 g/mol. The van der Waals surface area contributed by atoms with Gasteiger partial charge in [-0.1, -0.05) is 194 Å². The maximum atomic E-state index is 13.6. The van der Waals surface area contributed by atoms with Crippen LogP contribution in [0, 0.1) is 0 Å². The maximum Gasteiger partial charge on any atom is 0.305 e. The first-order valence-electron chi connectivity index (χ1n) is 26.7. The smallest absolute Gasteiger partial charge is 0.305 e. The van der Waals surface area contributed by atoms with Crippen molar-refractivity contribution < 1.29 is 57.0 Å². The summed E-state index contributed by atoms with van der Waals surface area (Å²) >= 11 is 0. The van der Waals surface area contributed by atoms with Gasteiger partial charge in [0.2, 0.25) is 0 Å². The second-order valence-electron chi connectivity index (χ2n) is 19.3. The van der Waals surface area contributed by atoms with Crippen molar-refractivity contribution in [1.82, 2.24) is 0 Å². The van der Waals surface area contributed by atoms with Gasteiger partial charge in [0.1, 0.15) is 62.0 Å². The topological polar surface area (TPSA) is 126 Å². The SMILES string of the molecule is C=CC[C@H]1O[C@H](COC(=O)CCCC(=O)OC[C@H]2O[C@H](CC=C)[C@H](OCc3ccccc3)[C@@H](OCc3ccccc3)[C@@H]2OCc2ccccc2)[C@@H](OCc2ccccc2)[C@H](OCc2ccccc2)[C@H]1OCc1ccccc1. The minimum Gasteiger partial charge on any atom is -0.463 e. The third-order valence-electron chi connectivity index (χ3n) is 13.5. The highest BCUT2D eigenvalue weighted by atomic mass is 16.6. The van der Waals surface area contributed by atoms with E-state index in [4.69, 9.17) is 47.4 Å². The molecule has 0 amide bonds. The molecule has 2 aliphatic rings. The van der Waals surface area contributed by atoms with Gasteiger partial charge in [-0.3, -0.25) is 9.59 Å². The van der Waals surface area contributed by atoms with Gasteiger partial charge in [-0.15, -0.1) is 13.2 Å². The quantitative estimate of drug-likeness (QED) is 0.0315. The van der Waals surface area contributed by atoms with Crippen LogP contribution in [0.15, 0.2) is 207 Å². The van der Waals surface area contributed by atoms with E-state index in [0.29, 0.717) is 39.3 Å². The lowest BCUT2D eigenvalue weighted by Gasteiger charge is -2.46. The van der Waals surface area contributed by atoms with E-state index < -0.39 is 73.0 Å². The van der Waals surface area contributed by atoms with Crippen LogP contribution < -0.4 is 0 Å². The lowest BCUT2D eigenvalue weighted by Crippen LogP contribution is -2.61. The Bertz CT molecular complexity index is 2440. The van der Waals surface area contributed by atoms with Gasteiger partial charge in [-0.2, -0.15) is 0 Å². The minimum absolute atomic E-state index is 0.0375. The van der Waals surface area contributed by atoms with Crippen LogP contribution in [0.4, 0.5) is 0 Å². The molecular weight excluding hydrogens is 973 g/mol. The summed E-state index contributed by atoms with van der Waals surface area (Å²) in [7, 11) is 0. The Morgan fingerprint density at radius 1 is 0.351 bits per heavy atom. The van der Waals surface area contributed by atoms with Crippen LogP contribution >= 0.6 is 0 Å². The zero-order valence-corrected chi connectivity index (χ0v) is 43.8. The molecule has 0 spiro atoms. The molecule has 0 aliphatic carbocycles. The van der Waals surface area contributed by atoms with Gasteiger partial charge in [0.05, 0.1) is 51.8 Å². The molecule has 8 rings (SSSR count). The molecule has 12 nitrogen and oxygen atoms in total. The maximum absolute atomic E-state index is 13.6. The fraction of sp³-hybridized carbons (Fsp3) is 0.354. The van der Waals surface area contributed by atoms with E-state index in [-0.39, 0.29) is 45.7 Å². The zero-order valence-electron chi connectivity index (χ0n) is 43.8. The summed E-state index contributed by atoms with van der Waals surface area (Å²) in [6.07, 6.45) is -1.61. The average Bonchev–Trinajstić information content (AvgIpc) is 3.48. The highest BCUT2D eigenvalue weighted by Crippen LogP contribution is 2.34. The van der Waals surface area contributed by atoms with Crippen LogP contribution in [0.1, 0.15) is 65.5 Å². The lowest BCUT2D eigenvalue weighted by atomic mass is 9.92. The fourth-order valence-corrected chi connectivity index (χ4v) is 9.61. The Balaban J connectivity index is 0.921. The highest BCUT2D eigenvalue weighted by Gasteiger charge is 2.50. The fourth-order valence-electron chi connectivity index (χ4n) is 9.61. The van der Waals surface area contributed by atoms with Gasteiger partial charge in [-0.25, -0.2) is 0 Å². The second-order valence-corrected chi connectivity index (χ2v) is 19.3. The molecular formula is C65H72O12. The molecule has 2 saturated heterocycles. The van der Waals surface area contributed by atoms with Gasteiger partial charge in [0, 0.05) is 12.8 Å². The zero-order chi connectivity index (χ0) is 53.3. The van der Waals surface area contributed by atoms with Crippen molar-refractivity contribution in [2.45, 2.75) is 133 Å². The molecule has 77 heavy (non-hydrogen) atoms. The van der Waals surface area contributed by atoms with E-state index >= 15 is 0 Å². The van der Waals surface area contributed by atoms with E-state index in [1.165, 1.54) is 0 Å². The van der Waals surface area contributed by atoms with E-state index in [1.807, 2.05) is 182 Å². The van der Waals surface area contributed by atoms with Gasteiger partial charge < -0.3 is 47.4 Å². The van der Waals surface area contributed by atoms with Crippen LogP contribution in [0.5, 0.6) is 0 Å². The van der Waals surface area contributed by atoms with Gasteiger partial charge >= 0.3 is 11.9 Å². The van der Waals surface area contributed by atoms with E-state index in [2.05, 4.69) is 13.2 Å². The van der Waals surface area contributed by atoms with E-state index in [0.717, 1.165) is 33.4 Å². The number of carbonyl (C=O) groups excluding carboxylic acids is 2. The summed E-state index contributed by atoms with van der Waals surface area (Å²) in [5.74, 6) is -0.991. The Labute approximate surface area is 453 Å². The summed E-state index contributed by atoms with van der Waals surface area (Å²) in [5, 5.41) is 0. The Kier molecular flexibility index (Phi) is 22.8. The predicted molar refractivity (Wildman–Crippen MR) is 293 cm³/mol. The Morgan fingerprint density at radius 2 is 0.584 bits per heavy atom. The molecule has 0 unspecified atom stereocenters. The molecule has 0 saturated carbocycles. The Hall–Kier alpha value is -6.58. The molecule has 2 fully saturated rings. The first-order valence-corrected chi connectivity index (χ1v) is 26.7. The van der Waals surface area contributed by atoms with E-state index in [9.17, 15) is 9.59 Å². The summed E-state index contributed by atoms with van der Waals surface area (Å²) < 4.78 is 65.8. The van der Waals surface area contributed by atoms with Crippen molar-refractivity contribution in [3.8, 4) is 0 Å². The molecule has 2 heterocycles. The number of rotatable bonds is 30. The van der Waals surface area contributed by atoms with Gasteiger partial charge in [-0.05, 0) is 52.6 Å². The first kappa shape index (κ1) is 56.6. The predicted octanol–water partition coefficient (Wildman–Crippen LogP) is 11.4. The summed E-state index contributed by atoms with van der Waals surface area (Å²) in [6, 6.07) is 59.4. The van der Waals surface area contributed by atoms with E-state index in [1.54, 1.807) is 12.2 Å². The molecule has 12 heteroatoms. The normalized spacial score (nSPS) is 23.1. The third kappa shape index (κ3) is 17.7. The van der Waals surface area contributed by atoms with Crippen molar-refractivity contribution in [3.05, 3.63) is 241 Å². The number of carbonyl (C=O) groups is 2. The molecule has 0 radical (unpaired) electrons. The van der Waals surface area contributed by atoms with Crippen molar-refractivity contribution in [2.24, 2.45) is 0 Å². The van der Waals surface area contributed by atoms with Crippen LogP contribution in [-0.2, 0) is 96.6 Å². The molecule has 404 valence electrons. The first-order chi connectivity index (χ1) is 37.9. The van der Waals surface area contributed by atoms with Crippen LogP contribution in [-0.4, -0.2) is 86.2 Å². The number of hydrogen-bond donors (Lipinski definition) is 0. The summed E-state index contributed by atoms with van der Waals surface area (Å²) in [4.78, 5) is 27.1. The molecule has 6 aromatic rings. The highest BCUT2D eigenvalue weighted by molar-refractivity contribution is 5.72. The average molecular weight is 1050 g/mol. The standard InChI is InChI=1S/C65H72O12/c1-3-24-54-60(70-40-48-26-11-5-12-27-48)64(74-44-52-34-19-9-20-35-52)62(72-42-50-30-15-7-16-31-50)56(76-54)46-68-58(66)38-23-39-59(67)69-47-57-63(73-43-51-32-17-8-18-33-51)65(75-45-53-36-21-10-22-37-53)61(55(77-57)25-4-2)71-41-49-28-13-6-14-29-49/h3-22,26-37,54-57,60-65H,1-2,23-25,38-47H2/t54-,55-,56-,57-,60+,61+,62-,63-,64-,65-/m1/s1. The number of hydrogen-bond acceptors (Lipinski definition) is 12. The van der Waals surface area contributed by atoms with Crippen LogP contribution in [0.3, 0.4) is 0 Å². The van der Waals surface area contributed by atoms with Gasteiger partial charge in [0.25, 0.3) is 0 Å². The number of benzene rings is 6. The number of esters is 2. The molecule has 10 atom stereocenters. The third-order valence-corrected chi connectivity index (χ3v) is 13.5. The minimum atomic E-state index is -0.726. The summed E-state index contributed by atoms with van der Waals surface area (Å²) in [5.41, 5.74) is 5.89. The number of ether oxygens (including phenoxy) is 10. The van der Waals surface area contributed by atoms with Crippen molar-refractivity contribution in [3.63, 3.8) is 0 Å². The Morgan fingerprint density at radius 3 is 0.831 bits per heavy atom.